The Balaban J connectivity index is 0.873. The second kappa shape index (κ2) is 12.4. The van der Waals surface area contributed by atoms with Crippen molar-refractivity contribution in [3.63, 3.8) is 0 Å². The van der Waals surface area contributed by atoms with E-state index in [1.54, 1.807) is 0 Å². The third-order valence-corrected chi connectivity index (χ3v) is 12.2. The summed E-state index contributed by atoms with van der Waals surface area (Å²) in [7, 11) is 2.28. The van der Waals surface area contributed by atoms with Gasteiger partial charge in [0, 0.05) is 57.8 Å². The molecule has 0 fully saturated rings. The zero-order chi connectivity index (χ0) is 35.8. The number of hydrogen-bond donors (Lipinski definition) is 0. The van der Waals surface area contributed by atoms with Gasteiger partial charge in [-0.1, -0.05) is 103 Å². The molecule has 2 aromatic heterocycles. The first-order valence-corrected chi connectivity index (χ1v) is 19.4. The number of nitrogens with zero attached hydrogens (tertiary/aromatic N) is 3. The summed E-state index contributed by atoms with van der Waals surface area (Å²) in [4.78, 5) is 5.13. The SMILES string of the molecule is CN1C2=C(CCC=C2)N(c2ccccc2)C1C1C=CC(C2C=Cc3c(c4ccccc4n3-c3ccc(-c4ccc5oc6ccccc6c5c4)cc3)C2)=CC1. The molecular formula is C50H41N3O. The van der Waals surface area contributed by atoms with E-state index in [0.29, 0.717) is 11.8 Å². The van der Waals surface area contributed by atoms with Crippen LogP contribution in [0.3, 0.4) is 0 Å². The zero-order valence-electron chi connectivity index (χ0n) is 30.4. The summed E-state index contributed by atoms with van der Waals surface area (Å²) in [6, 6.07) is 43.8. The van der Waals surface area contributed by atoms with Gasteiger partial charge in [-0.05, 0) is 109 Å². The Morgan fingerprint density at radius 1 is 0.667 bits per heavy atom. The summed E-state index contributed by atoms with van der Waals surface area (Å²) >= 11 is 0. The molecule has 11 rings (SSSR count). The summed E-state index contributed by atoms with van der Waals surface area (Å²) in [5.41, 5.74) is 15.0. The minimum Gasteiger partial charge on any atom is -0.456 e. The summed E-state index contributed by atoms with van der Waals surface area (Å²) in [5, 5.41) is 3.66. The van der Waals surface area contributed by atoms with Crippen molar-refractivity contribution in [2.75, 3.05) is 11.9 Å². The van der Waals surface area contributed by atoms with Crippen molar-refractivity contribution in [3.8, 4) is 16.8 Å². The fourth-order valence-corrected chi connectivity index (χ4v) is 9.63. The molecule has 4 heteroatoms. The number of fused-ring (bicyclic) bond motifs is 6. The number of aromatic nitrogens is 1. The fraction of sp³-hybridized carbons (Fsp3) is 0.160. The van der Waals surface area contributed by atoms with E-state index in [2.05, 4.69) is 173 Å². The quantitative estimate of drug-likeness (QED) is 0.179. The van der Waals surface area contributed by atoms with E-state index in [4.69, 9.17) is 4.42 Å². The molecule has 4 aliphatic rings. The summed E-state index contributed by atoms with van der Waals surface area (Å²) in [6.07, 6.45) is 21.4. The van der Waals surface area contributed by atoms with Crippen LogP contribution in [0.4, 0.5) is 5.69 Å². The van der Waals surface area contributed by atoms with Gasteiger partial charge in [0.1, 0.15) is 17.3 Å². The summed E-state index contributed by atoms with van der Waals surface area (Å²) < 4.78 is 8.54. The molecule has 0 spiro atoms. The van der Waals surface area contributed by atoms with Crippen molar-refractivity contribution in [2.45, 2.75) is 31.8 Å². The third kappa shape index (κ3) is 4.90. The number of hydrogen-bond acceptors (Lipinski definition) is 3. The van der Waals surface area contributed by atoms with Crippen molar-refractivity contribution in [1.29, 1.82) is 0 Å². The van der Waals surface area contributed by atoms with Crippen LogP contribution in [0, 0.1) is 11.8 Å². The Bertz CT molecular complexity index is 2750. The molecule has 0 N–H and O–H groups in total. The van der Waals surface area contributed by atoms with E-state index in [1.165, 1.54) is 61.6 Å². The Morgan fingerprint density at radius 2 is 1.44 bits per heavy atom. The van der Waals surface area contributed by atoms with Crippen LogP contribution in [0.25, 0.3) is 55.7 Å². The highest BCUT2D eigenvalue weighted by Crippen LogP contribution is 2.44. The lowest BCUT2D eigenvalue weighted by Crippen LogP contribution is -2.44. The van der Waals surface area contributed by atoms with Gasteiger partial charge in [0.2, 0.25) is 0 Å². The second-order valence-corrected chi connectivity index (χ2v) is 15.2. The number of furan rings is 1. The number of para-hydroxylation sites is 3. The molecule has 0 bridgehead atoms. The molecule has 0 amide bonds. The minimum atomic E-state index is 0.264. The van der Waals surface area contributed by atoms with Crippen LogP contribution >= 0.6 is 0 Å². The molecule has 0 radical (unpaired) electrons. The van der Waals surface area contributed by atoms with Crippen molar-refractivity contribution in [3.05, 3.63) is 186 Å². The Hall–Kier alpha value is -6.26. The summed E-state index contributed by atoms with van der Waals surface area (Å²) in [5.74, 6) is 0.748. The van der Waals surface area contributed by atoms with E-state index in [9.17, 15) is 0 Å². The lowest BCUT2D eigenvalue weighted by atomic mass is 9.82. The van der Waals surface area contributed by atoms with Crippen molar-refractivity contribution >= 4 is 44.6 Å². The number of rotatable bonds is 5. The van der Waals surface area contributed by atoms with Crippen LogP contribution in [0.1, 0.15) is 30.5 Å². The molecular weight excluding hydrogens is 659 g/mol. The molecule has 7 aromatic rings. The number of anilines is 1. The number of likely N-dealkylation sites (N-methyl/N-ethyl adjacent to an activating group) is 1. The predicted octanol–water partition coefficient (Wildman–Crippen LogP) is 12.2. The number of allylic oxidation sites excluding steroid dienone is 7. The maximum Gasteiger partial charge on any atom is 0.135 e. The van der Waals surface area contributed by atoms with Crippen LogP contribution < -0.4 is 4.90 Å². The van der Waals surface area contributed by atoms with Crippen LogP contribution in [0.2, 0.25) is 0 Å². The smallest absolute Gasteiger partial charge is 0.135 e. The van der Waals surface area contributed by atoms with Crippen molar-refractivity contribution < 1.29 is 4.42 Å². The monoisotopic (exact) mass is 699 g/mol. The third-order valence-electron chi connectivity index (χ3n) is 12.2. The van der Waals surface area contributed by atoms with E-state index in [0.717, 1.165) is 47.6 Å². The second-order valence-electron chi connectivity index (χ2n) is 15.2. The summed E-state index contributed by atoms with van der Waals surface area (Å²) in [6.45, 7) is 0. The molecule has 5 aromatic carbocycles. The van der Waals surface area contributed by atoms with E-state index in [1.807, 2.05) is 12.1 Å². The molecule has 3 aliphatic carbocycles. The zero-order valence-corrected chi connectivity index (χ0v) is 30.4. The molecule has 54 heavy (non-hydrogen) atoms. The van der Waals surface area contributed by atoms with Crippen LogP contribution in [-0.2, 0) is 6.42 Å². The van der Waals surface area contributed by atoms with Crippen LogP contribution in [-0.4, -0.2) is 22.7 Å². The van der Waals surface area contributed by atoms with Gasteiger partial charge >= 0.3 is 0 Å². The van der Waals surface area contributed by atoms with Crippen molar-refractivity contribution in [2.24, 2.45) is 11.8 Å². The van der Waals surface area contributed by atoms with Gasteiger partial charge in [0.15, 0.2) is 0 Å². The normalized spacial score (nSPS) is 20.7. The lowest BCUT2D eigenvalue weighted by Gasteiger charge is -2.38. The van der Waals surface area contributed by atoms with Gasteiger partial charge in [-0.2, -0.15) is 0 Å². The van der Waals surface area contributed by atoms with Gasteiger partial charge in [-0.3, -0.25) is 0 Å². The highest BCUT2D eigenvalue weighted by molar-refractivity contribution is 6.06. The van der Waals surface area contributed by atoms with Gasteiger partial charge in [0.25, 0.3) is 0 Å². The van der Waals surface area contributed by atoms with Gasteiger partial charge in [-0.25, -0.2) is 0 Å². The Labute approximate surface area is 315 Å². The average Bonchev–Trinajstić information content (AvgIpc) is 3.88. The fourth-order valence-electron chi connectivity index (χ4n) is 9.63. The molecule has 262 valence electrons. The molecule has 1 aliphatic heterocycles. The van der Waals surface area contributed by atoms with Gasteiger partial charge in [0.05, 0.1) is 11.2 Å². The first-order valence-electron chi connectivity index (χ1n) is 19.4. The van der Waals surface area contributed by atoms with Crippen LogP contribution in [0.5, 0.6) is 0 Å². The first-order chi connectivity index (χ1) is 26.7. The highest BCUT2D eigenvalue weighted by Gasteiger charge is 2.40. The molecule has 3 unspecified atom stereocenters. The topological polar surface area (TPSA) is 24.6 Å². The first kappa shape index (κ1) is 31.3. The standard InChI is InChI=1S/C50H41N3O/c1-51-46-16-8-9-17-47(46)53(38-11-3-2-4-12-38)50(51)35-21-19-33(20-22-35)36-25-29-45-42(31-36)40-13-5-7-15-44(40)52(45)39-27-23-34(24-28-39)37-26-30-49-43(32-37)41-14-6-10-18-48(41)54-49/h2-8,10-16,18-21,23-30,32,35-36,50H,9,17,22,31H2,1H3. The Kier molecular flexibility index (Phi) is 7.19. The van der Waals surface area contributed by atoms with Gasteiger partial charge < -0.3 is 18.8 Å². The maximum atomic E-state index is 6.09. The highest BCUT2D eigenvalue weighted by atomic mass is 16.3. The maximum absolute atomic E-state index is 6.09. The van der Waals surface area contributed by atoms with E-state index < -0.39 is 0 Å². The predicted molar refractivity (Wildman–Crippen MR) is 223 cm³/mol. The van der Waals surface area contributed by atoms with Gasteiger partial charge in [-0.15, -0.1) is 0 Å². The molecule has 0 saturated carbocycles. The average molecular weight is 700 g/mol. The molecule has 4 nitrogen and oxygen atoms in total. The van der Waals surface area contributed by atoms with E-state index in [-0.39, 0.29) is 6.17 Å². The molecule has 3 atom stereocenters. The van der Waals surface area contributed by atoms with E-state index >= 15 is 0 Å². The van der Waals surface area contributed by atoms with Crippen LogP contribution in [0.15, 0.2) is 179 Å². The minimum absolute atomic E-state index is 0.264. The lowest BCUT2D eigenvalue weighted by molar-refractivity contribution is 0.277. The van der Waals surface area contributed by atoms with Crippen molar-refractivity contribution in [1.82, 2.24) is 9.47 Å². The Morgan fingerprint density at radius 3 is 2.30 bits per heavy atom. The largest absolute Gasteiger partial charge is 0.456 e. The molecule has 0 saturated heterocycles. The number of benzene rings is 5. The molecule has 3 heterocycles.